The third-order valence-corrected chi connectivity index (χ3v) is 4.52. The van der Waals surface area contributed by atoms with Crippen LogP contribution in [0.15, 0.2) is 40.9 Å². The van der Waals surface area contributed by atoms with Gasteiger partial charge in [0.25, 0.3) is 0 Å². The minimum Gasteiger partial charge on any atom is -0.294 e. The maximum absolute atomic E-state index is 6.31. The number of hydrogen-bond acceptors (Lipinski definition) is 1. The van der Waals surface area contributed by atoms with E-state index in [-0.39, 0.29) is 5.88 Å². The Morgan fingerprint density at radius 3 is 2.70 bits per heavy atom. The molecule has 2 nitrogen and oxygen atoms in total. The Hall–Kier alpha value is -0.740. The van der Waals surface area contributed by atoms with Crippen molar-refractivity contribution in [1.29, 1.82) is 0 Å². The molecule has 0 bridgehead atoms. The first-order chi connectivity index (χ1) is 9.61. The predicted molar refractivity (Wildman–Crippen MR) is 88.3 cm³/mol. The van der Waals surface area contributed by atoms with E-state index in [1.54, 1.807) is 6.07 Å². The van der Waals surface area contributed by atoms with Crippen LogP contribution in [0.5, 0.6) is 0 Å². The van der Waals surface area contributed by atoms with E-state index in [0.29, 0.717) is 10.0 Å². The van der Waals surface area contributed by atoms with Crippen LogP contribution in [0.2, 0.25) is 10.0 Å². The Morgan fingerprint density at radius 2 is 1.95 bits per heavy atom. The number of halogens is 4. The monoisotopic (exact) mass is 388 g/mol. The lowest BCUT2D eigenvalue weighted by Crippen LogP contribution is -2.00. The topological polar surface area (TPSA) is 17.8 Å². The molecule has 0 aliphatic heterocycles. The fourth-order valence-corrected chi connectivity index (χ4v) is 3.04. The highest BCUT2D eigenvalue weighted by Gasteiger charge is 2.15. The quantitative estimate of drug-likeness (QED) is 0.503. The van der Waals surface area contributed by atoms with Gasteiger partial charge >= 0.3 is 0 Å². The number of imidazole rings is 1. The van der Waals surface area contributed by atoms with Crippen molar-refractivity contribution < 1.29 is 0 Å². The first-order valence-corrected chi connectivity index (χ1v) is 7.87. The van der Waals surface area contributed by atoms with E-state index in [1.165, 1.54) is 0 Å². The van der Waals surface area contributed by atoms with Crippen LogP contribution in [0, 0.1) is 0 Å². The Balaban J connectivity index is 2.37. The number of rotatable bonds is 2. The highest BCUT2D eigenvalue weighted by molar-refractivity contribution is 9.10. The molecule has 0 atom stereocenters. The Kier molecular flexibility index (Phi) is 3.95. The number of fused-ring (bicyclic) bond motifs is 1. The molecular weight excluding hydrogens is 382 g/mol. The zero-order valence-corrected chi connectivity index (χ0v) is 13.9. The lowest BCUT2D eigenvalue weighted by molar-refractivity contribution is 0.982. The van der Waals surface area contributed by atoms with Gasteiger partial charge in [-0.1, -0.05) is 45.2 Å². The minimum atomic E-state index is 0.287. The number of nitrogens with zero attached hydrogens (tertiary/aromatic N) is 2. The smallest absolute Gasteiger partial charge is 0.129 e. The van der Waals surface area contributed by atoms with Crippen molar-refractivity contribution in [3.8, 4) is 5.69 Å². The maximum atomic E-state index is 6.31. The highest BCUT2D eigenvalue weighted by atomic mass is 79.9. The summed E-state index contributed by atoms with van der Waals surface area (Å²) < 4.78 is 2.90. The van der Waals surface area contributed by atoms with Gasteiger partial charge in [-0.05, 0) is 30.3 Å². The second kappa shape index (κ2) is 5.57. The molecule has 0 radical (unpaired) electrons. The normalized spacial score (nSPS) is 11.2. The van der Waals surface area contributed by atoms with Crippen molar-refractivity contribution in [3.05, 3.63) is 56.7 Å². The number of hydrogen-bond donors (Lipinski definition) is 0. The van der Waals surface area contributed by atoms with Crippen molar-refractivity contribution >= 4 is 61.8 Å². The van der Waals surface area contributed by atoms with E-state index in [4.69, 9.17) is 34.8 Å². The molecule has 0 aliphatic carbocycles. The first kappa shape index (κ1) is 14.2. The summed E-state index contributed by atoms with van der Waals surface area (Å²) in [7, 11) is 0. The van der Waals surface area contributed by atoms with E-state index >= 15 is 0 Å². The molecule has 20 heavy (non-hydrogen) atoms. The van der Waals surface area contributed by atoms with Gasteiger partial charge in [0.1, 0.15) is 5.82 Å². The van der Waals surface area contributed by atoms with Gasteiger partial charge in [-0.25, -0.2) is 4.98 Å². The number of aromatic nitrogens is 2. The van der Waals surface area contributed by atoms with Crippen LogP contribution in [-0.4, -0.2) is 9.55 Å². The van der Waals surface area contributed by atoms with Gasteiger partial charge in [-0.3, -0.25) is 4.57 Å². The highest BCUT2D eigenvalue weighted by Crippen LogP contribution is 2.32. The average Bonchev–Trinajstić information content (AvgIpc) is 2.79. The standard InChI is InChI=1S/C14H8BrCl3N2/c15-8-4-5-11-10(6-8)19-13(7-16)20(11)12-3-1-2-9(17)14(12)18/h1-6H,7H2. The van der Waals surface area contributed by atoms with Gasteiger partial charge in [0.15, 0.2) is 0 Å². The Morgan fingerprint density at radius 1 is 1.15 bits per heavy atom. The lowest BCUT2D eigenvalue weighted by Gasteiger charge is -2.10. The van der Waals surface area contributed by atoms with Crippen LogP contribution < -0.4 is 0 Å². The second-order valence-corrected chi connectivity index (χ2v) is 6.17. The average molecular weight is 390 g/mol. The van der Waals surface area contributed by atoms with E-state index in [0.717, 1.165) is 27.0 Å². The summed E-state index contributed by atoms with van der Waals surface area (Å²) in [6, 6.07) is 11.4. The van der Waals surface area contributed by atoms with Crippen molar-refractivity contribution in [2.24, 2.45) is 0 Å². The van der Waals surface area contributed by atoms with Gasteiger partial charge in [-0.2, -0.15) is 0 Å². The molecule has 0 amide bonds. The van der Waals surface area contributed by atoms with Crippen LogP contribution in [0.1, 0.15) is 5.82 Å². The molecule has 0 spiro atoms. The SMILES string of the molecule is ClCc1nc2cc(Br)ccc2n1-c1cccc(Cl)c1Cl. The zero-order chi connectivity index (χ0) is 14.3. The summed E-state index contributed by atoms with van der Waals surface area (Å²) in [5.41, 5.74) is 2.57. The Labute approximate surface area is 139 Å². The fraction of sp³-hybridized carbons (Fsp3) is 0.0714. The zero-order valence-electron chi connectivity index (χ0n) is 10.1. The van der Waals surface area contributed by atoms with Crippen molar-refractivity contribution in [1.82, 2.24) is 9.55 Å². The molecule has 6 heteroatoms. The number of benzene rings is 2. The molecule has 1 heterocycles. The van der Waals surface area contributed by atoms with Gasteiger partial charge in [0.2, 0.25) is 0 Å². The minimum absolute atomic E-state index is 0.287. The molecule has 102 valence electrons. The van der Waals surface area contributed by atoms with Crippen LogP contribution in [-0.2, 0) is 5.88 Å². The van der Waals surface area contributed by atoms with E-state index in [1.807, 2.05) is 34.9 Å². The second-order valence-electron chi connectivity index (χ2n) is 4.20. The molecule has 0 saturated heterocycles. The summed E-state index contributed by atoms with van der Waals surface area (Å²) in [6.45, 7) is 0. The largest absolute Gasteiger partial charge is 0.294 e. The fourth-order valence-electron chi connectivity index (χ4n) is 2.13. The van der Waals surface area contributed by atoms with E-state index in [9.17, 15) is 0 Å². The maximum Gasteiger partial charge on any atom is 0.129 e. The summed E-state index contributed by atoms with van der Waals surface area (Å²) in [4.78, 5) is 4.54. The summed E-state index contributed by atoms with van der Waals surface area (Å²) in [5, 5.41) is 0.992. The molecule has 0 unspecified atom stereocenters. The molecule has 0 fully saturated rings. The van der Waals surface area contributed by atoms with Crippen LogP contribution in [0.4, 0.5) is 0 Å². The number of alkyl halides is 1. The van der Waals surface area contributed by atoms with E-state index in [2.05, 4.69) is 20.9 Å². The third-order valence-electron chi connectivity index (χ3n) is 2.98. The summed E-state index contributed by atoms with van der Waals surface area (Å²) >= 11 is 21.9. The van der Waals surface area contributed by atoms with Gasteiger partial charge in [0.05, 0.1) is 32.6 Å². The molecular formula is C14H8BrCl3N2. The third kappa shape index (κ3) is 2.33. The predicted octanol–water partition coefficient (Wildman–Crippen LogP) is 5.83. The van der Waals surface area contributed by atoms with Gasteiger partial charge < -0.3 is 0 Å². The Bertz CT molecular complexity index is 798. The van der Waals surface area contributed by atoms with E-state index < -0.39 is 0 Å². The van der Waals surface area contributed by atoms with Crippen LogP contribution in [0.25, 0.3) is 16.7 Å². The van der Waals surface area contributed by atoms with Crippen LogP contribution in [0.3, 0.4) is 0 Å². The molecule has 0 N–H and O–H groups in total. The van der Waals surface area contributed by atoms with Crippen LogP contribution >= 0.6 is 50.7 Å². The molecule has 3 rings (SSSR count). The van der Waals surface area contributed by atoms with Crippen molar-refractivity contribution in [2.45, 2.75) is 5.88 Å². The summed E-state index contributed by atoms with van der Waals surface area (Å²) in [5.74, 6) is 1.01. The molecule has 0 saturated carbocycles. The molecule has 0 aliphatic rings. The van der Waals surface area contributed by atoms with Crippen molar-refractivity contribution in [3.63, 3.8) is 0 Å². The first-order valence-electron chi connectivity index (χ1n) is 5.79. The molecule has 3 aromatic rings. The van der Waals surface area contributed by atoms with Gasteiger partial charge in [-0.15, -0.1) is 11.6 Å². The van der Waals surface area contributed by atoms with Gasteiger partial charge in [0, 0.05) is 4.47 Å². The van der Waals surface area contributed by atoms with Crippen molar-refractivity contribution in [2.75, 3.05) is 0 Å². The molecule has 1 aromatic heterocycles. The lowest BCUT2D eigenvalue weighted by atomic mass is 10.2. The molecule has 2 aromatic carbocycles. The summed E-state index contributed by atoms with van der Waals surface area (Å²) in [6.07, 6.45) is 0.